The van der Waals surface area contributed by atoms with Crippen molar-refractivity contribution < 1.29 is 8.42 Å². The van der Waals surface area contributed by atoms with Crippen molar-refractivity contribution in [3.63, 3.8) is 0 Å². The van der Waals surface area contributed by atoms with Crippen molar-refractivity contribution >= 4 is 42.1 Å². The summed E-state index contributed by atoms with van der Waals surface area (Å²) in [4.78, 5) is 0.0783. The third-order valence-electron chi connectivity index (χ3n) is 2.98. The number of primary sulfonamides is 1. The van der Waals surface area contributed by atoms with Gasteiger partial charge in [0.1, 0.15) is 0 Å². The molecule has 5 nitrogen and oxygen atoms in total. The van der Waals surface area contributed by atoms with Crippen LogP contribution in [0.15, 0.2) is 47.4 Å². The fourth-order valence-corrected chi connectivity index (χ4v) is 3.03. The second-order valence-electron chi connectivity index (χ2n) is 4.37. The number of nitrogens with one attached hydrogen (secondary N) is 1. The Hall–Kier alpha value is -1.62. The third-order valence-corrected chi connectivity index (χ3v) is 4.48. The van der Waals surface area contributed by atoms with E-state index in [9.17, 15) is 8.42 Å². The SMILES string of the molecule is NS(=O)(=O)c1cccc(-c2n[nH]c3ccc([As])cc23)c1. The van der Waals surface area contributed by atoms with Crippen LogP contribution in [0.4, 0.5) is 0 Å². The Bertz CT molecular complexity index is 903. The van der Waals surface area contributed by atoms with Gasteiger partial charge in [-0.25, -0.2) is 0 Å². The zero-order valence-electron chi connectivity index (χ0n) is 10.2. The van der Waals surface area contributed by atoms with Gasteiger partial charge >= 0.3 is 125 Å². The van der Waals surface area contributed by atoms with Crippen LogP contribution in [0.5, 0.6) is 0 Å². The molecule has 3 rings (SSSR count). The maximum atomic E-state index is 11.4. The molecule has 0 aliphatic carbocycles. The number of H-pyrrole nitrogens is 1. The Balaban J connectivity index is 2.23. The van der Waals surface area contributed by atoms with Crippen LogP contribution in [-0.4, -0.2) is 35.5 Å². The van der Waals surface area contributed by atoms with Crippen molar-refractivity contribution in [2.75, 3.05) is 0 Å². The van der Waals surface area contributed by atoms with Crippen molar-refractivity contribution in [2.24, 2.45) is 5.14 Å². The Morgan fingerprint density at radius 3 is 2.70 bits per heavy atom. The topological polar surface area (TPSA) is 88.8 Å². The Morgan fingerprint density at radius 1 is 1.15 bits per heavy atom. The van der Waals surface area contributed by atoms with Crippen LogP contribution in [0, 0.1) is 0 Å². The summed E-state index contributed by atoms with van der Waals surface area (Å²) in [6.07, 6.45) is 0. The van der Waals surface area contributed by atoms with E-state index >= 15 is 0 Å². The van der Waals surface area contributed by atoms with Gasteiger partial charge < -0.3 is 0 Å². The maximum absolute atomic E-state index is 11.4. The van der Waals surface area contributed by atoms with E-state index in [1.165, 1.54) is 12.1 Å². The normalized spacial score (nSPS) is 11.9. The molecule has 0 atom stereocenters. The Morgan fingerprint density at radius 2 is 1.95 bits per heavy atom. The summed E-state index contributed by atoms with van der Waals surface area (Å²) in [7, 11) is -3.72. The summed E-state index contributed by atoms with van der Waals surface area (Å²) >= 11 is 2.47. The number of aromatic amines is 1. The molecule has 100 valence electrons. The van der Waals surface area contributed by atoms with Gasteiger partial charge in [-0.1, -0.05) is 0 Å². The van der Waals surface area contributed by atoms with Gasteiger partial charge in [-0.05, 0) is 0 Å². The Kier molecular flexibility index (Phi) is 3.16. The first kappa shape index (κ1) is 13.4. The first-order valence-corrected chi connectivity index (χ1v) is 8.24. The Labute approximate surface area is 124 Å². The average molecular weight is 347 g/mol. The van der Waals surface area contributed by atoms with Gasteiger partial charge in [0.15, 0.2) is 0 Å². The first-order chi connectivity index (χ1) is 9.45. The number of rotatable bonds is 2. The van der Waals surface area contributed by atoms with E-state index in [-0.39, 0.29) is 4.90 Å². The van der Waals surface area contributed by atoms with Crippen LogP contribution < -0.4 is 9.49 Å². The van der Waals surface area contributed by atoms with Crippen LogP contribution >= 0.6 is 0 Å². The number of hydrogen-bond acceptors (Lipinski definition) is 3. The predicted octanol–water partition coefficient (Wildman–Crippen LogP) is 0.671. The molecule has 0 unspecified atom stereocenters. The molecule has 1 heterocycles. The molecule has 2 radical (unpaired) electrons. The summed E-state index contributed by atoms with van der Waals surface area (Å²) in [6, 6.07) is 12.3. The van der Waals surface area contributed by atoms with Crippen molar-refractivity contribution in [1.29, 1.82) is 0 Å². The summed E-state index contributed by atoms with van der Waals surface area (Å²) < 4.78 is 23.9. The standard InChI is InChI=1S/C13H10AsN3O2S/c14-9-4-5-12-11(7-9)13(17-16-12)8-2-1-3-10(6-8)20(15,18)19/h1-7H,(H,16,17)(H2,15,18,19). The quantitative estimate of drug-likeness (QED) is 0.668. The van der Waals surface area contributed by atoms with Crippen LogP contribution in [0.25, 0.3) is 22.2 Å². The fourth-order valence-electron chi connectivity index (χ4n) is 2.04. The van der Waals surface area contributed by atoms with E-state index in [4.69, 9.17) is 5.14 Å². The second-order valence-corrected chi connectivity index (χ2v) is 7.02. The van der Waals surface area contributed by atoms with Crippen LogP contribution in [0.3, 0.4) is 0 Å². The molecular weight excluding hydrogens is 337 g/mol. The summed E-state index contributed by atoms with van der Waals surface area (Å²) in [5.41, 5.74) is 2.31. The van der Waals surface area contributed by atoms with Crippen LogP contribution in [0.1, 0.15) is 0 Å². The number of benzene rings is 2. The van der Waals surface area contributed by atoms with Gasteiger partial charge in [-0.3, -0.25) is 0 Å². The number of aromatic nitrogens is 2. The molecule has 0 fully saturated rings. The van der Waals surface area contributed by atoms with E-state index in [2.05, 4.69) is 27.1 Å². The zero-order valence-corrected chi connectivity index (χ0v) is 12.9. The average Bonchev–Trinajstić information content (AvgIpc) is 2.81. The molecule has 1 aromatic heterocycles. The van der Waals surface area contributed by atoms with Crippen molar-refractivity contribution in [3.05, 3.63) is 42.5 Å². The molecule has 7 heteroatoms. The van der Waals surface area contributed by atoms with E-state index in [1.807, 2.05) is 24.3 Å². The van der Waals surface area contributed by atoms with Crippen molar-refractivity contribution in [2.45, 2.75) is 4.90 Å². The molecule has 0 bridgehead atoms. The number of hydrogen-bond donors (Lipinski definition) is 2. The predicted molar refractivity (Wildman–Crippen MR) is 78.3 cm³/mol. The second kappa shape index (κ2) is 4.73. The summed E-state index contributed by atoms with van der Waals surface area (Å²) in [5, 5.41) is 13.3. The number of nitrogens with zero attached hydrogens (tertiary/aromatic N) is 1. The number of sulfonamides is 1. The molecule has 2 aromatic carbocycles. The van der Waals surface area contributed by atoms with Gasteiger partial charge in [0.05, 0.1) is 0 Å². The summed E-state index contributed by atoms with van der Waals surface area (Å²) in [6.45, 7) is 0. The first-order valence-electron chi connectivity index (χ1n) is 5.75. The van der Waals surface area contributed by atoms with Crippen LogP contribution in [0.2, 0.25) is 0 Å². The number of fused-ring (bicyclic) bond motifs is 1. The van der Waals surface area contributed by atoms with E-state index < -0.39 is 10.0 Å². The molecule has 0 aliphatic heterocycles. The van der Waals surface area contributed by atoms with Gasteiger partial charge in [-0.15, -0.1) is 0 Å². The van der Waals surface area contributed by atoms with E-state index in [0.717, 1.165) is 15.3 Å². The molecule has 0 amide bonds. The zero-order chi connectivity index (χ0) is 14.3. The monoisotopic (exact) mass is 347 g/mol. The fraction of sp³-hybridized carbons (Fsp3) is 0. The van der Waals surface area contributed by atoms with Gasteiger partial charge in [0, 0.05) is 0 Å². The van der Waals surface area contributed by atoms with Crippen molar-refractivity contribution in [3.8, 4) is 11.3 Å². The minimum absolute atomic E-state index is 0.0783. The third kappa shape index (κ3) is 2.38. The molecule has 0 saturated carbocycles. The van der Waals surface area contributed by atoms with E-state index in [1.54, 1.807) is 6.07 Å². The molecule has 0 spiro atoms. The molecule has 0 saturated heterocycles. The molecule has 0 aliphatic rings. The van der Waals surface area contributed by atoms with Gasteiger partial charge in [-0.2, -0.15) is 0 Å². The van der Waals surface area contributed by atoms with Gasteiger partial charge in [0.25, 0.3) is 0 Å². The molecule has 3 N–H and O–H groups in total. The van der Waals surface area contributed by atoms with Gasteiger partial charge in [0.2, 0.25) is 0 Å². The molecule has 3 aromatic rings. The molecule has 20 heavy (non-hydrogen) atoms. The van der Waals surface area contributed by atoms with E-state index in [0.29, 0.717) is 11.3 Å². The number of nitrogens with two attached hydrogens (primary N) is 1. The summed E-state index contributed by atoms with van der Waals surface area (Å²) in [5.74, 6) is 0. The van der Waals surface area contributed by atoms with Crippen LogP contribution in [-0.2, 0) is 10.0 Å². The minimum atomic E-state index is -3.72. The molecular formula is C13H10AsN3O2S. The van der Waals surface area contributed by atoms with Crippen molar-refractivity contribution in [1.82, 2.24) is 10.2 Å².